The van der Waals surface area contributed by atoms with Crippen molar-refractivity contribution in [2.75, 3.05) is 11.9 Å². The summed E-state index contributed by atoms with van der Waals surface area (Å²) in [5.74, 6) is 0.741. The van der Waals surface area contributed by atoms with Crippen molar-refractivity contribution in [2.45, 2.75) is 33.7 Å². The molecule has 0 aliphatic carbocycles. The third-order valence-corrected chi connectivity index (χ3v) is 4.03. The van der Waals surface area contributed by atoms with Crippen LogP contribution < -0.4 is 5.32 Å². The first kappa shape index (κ1) is 17.2. The first-order chi connectivity index (χ1) is 12.0. The lowest BCUT2D eigenvalue weighted by atomic mass is 10.1. The van der Waals surface area contributed by atoms with Crippen LogP contribution in [-0.2, 0) is 0 Å². The van der Waals surface area contributed by atoms with Gasteiger partial charge in [-0.25, -0.2) is 9.97 Å². The Morgan fingerprint density at radius 2 is 1.96 bits per heavy atom. The van der Waals surface area contributed by atoms with Crippen molar-refractivity contribution in [3.05, 3.63) is 53.5 Å². The van der Waals surface area contributed by atoms with E-state index in [9.17, 15) is 5.11 Å². The lowest BCUT2D eigenvalue weighted by Gasteiger charge is -2.12. The van der Waals surface area contributed by atoms with Crippen LogP contribution in [0.2, 0.25) is 0 Å². The van der Waals surface area contributed by atoms with Crippen LogP contribution in [0.25, 0.3) is 22.8 Å². The molecule has 0 radical (unpaired) electrons. The van der Waals surface area contributed by atoms with Gasteiger partial charge in [0.2, 0.25) is 0 Å². The second kappa shape index (κ2) is 7.07. The van der Waals surface area contributed by atoms with Crippen molar-refractivity contribution in [3.8, 4) is 5.69 Å². The van der Waals surface area contributed by atoms with Gasteiger partial charge in [-0.15, -0.1) is 0 Å². The van der Waals surface area contributed by atoms with E-state index < -0.39 is 0 Å². The largest absolute Gasteiger partial charge is 0.394 e. The number of aryl methyl sites for hydroxylation is 1. The summed E-state index contributed by atoms with van der Waals surface area (Å²) >= 11 is 0. The fraction of sp³-hybridized carbons (Fsp3) is 0.300. The zero-order valence-corrected chi connectivity index (χ0v) is 15.1. The van der Waals surface area contributed by atoms with Crippen LogP contribution in [-0.4, -0.2) is 32.3 Å². The van der Waals surface area contributed by atoms with Crippen molar-refractivity contribution >= 4 is 22.9 Å². The molecular formula is C20H24N4O. The summed E-state index contributed by atoms with van der Waals surface area (Å²) in [7, 11) is 0. The number of hydrogen-bond acceptors (Lipinski definition) is 4. The predicted molar refractivity (Wildman–Crippen MR) is 103 cm³/mol. The van der Waals surface area contributed by atoms with Gasteiger partial charge < -0.3 is 15.0 Å². The molecule has 0 fully saturated rings. The number of benzene rings is 1. The molecule has 2 aromatic heterocycles. The van der Waals surface area contributed by atoms with E-state index >= 15 is 0 Å². The van der Waals surface area contributed by atoms with Crippen LogP contribution in [0.1, 0.15) is 31.9 Å². The fourth-order valence-corrected chi connectivity index (χ4v) is 2.80. The number of hydrogen-bond donors (Lipinski definition) is 2. The Hall–Kier alpha value is -2.66. The number of aromatic nitrogens is 3. The molecule has 1 unspecified atom stereocenters. The number of aliphatic hydroxyl groups is 1. The molecule has 0 spiro atoms. The average Bonchev–Trinajstić information content (AvgIpc) is 2.94. The van der Waals surface area contributed by atoms with Gasteiger partial charge in [0.15, 0.2) is 5.65 Å². The van der Waals surface area contributed by atoms with Crippen LogP contribution >= 0.6 is 0 Å². The predicted octanol–water partition coefficient (Wildman–Crippen LogP) is 3.94. The number of allylic oxidation sites excluding steroid dienone is 1. The lowest BCUT2D eigenvalue weighted by molar-refractivity contribution is 0.281. The third-order valence-electron chi connectivity index (χ3n) is 4.03. The molecule has 25 heavy (non-hydrogen) atoms. The SMILES string of the molecule is CC(C)=Cc1cn(-c2ccc(C)cc2)c2ncnc(NC(C)CO)c12. The molecule has 0 saturated carbocycles. The van der Waals surface area contributed by atoms with Gasteiger partial charge in [-0.2, -0.15) is 0 Å². The Labute approximate surface area is 148 Å². The lowest BCUT2D eigenvalue weighted by Crippen LogP contribution is -2.20. The Bertz CT molecular complexity index is 905. The first-order valence-corrected chi connectivity index (χ1v) is 8.45. The number of aliphatic hydroxyl groups excluding tert-OH is 1. The van der Waals surface area contributed by atoms with Gasteiger partial charge in [0, 0.05) is 23.5 Å². The number of nitrogens with one attached hydrogen (secondary N) is 1. The molecule has 5 heteroatoms. The number of rotatable bonds is 5. The summed E-state index contributed by atoms with van der Waals surface area (Å²) in [5, 5.41) is 13.6. The van der Waals surface area contributed by atoms with E-state index in [1.165, 1.54) is 11.1 Å². The molecule has 5 nitrogen and oxygen atoms in total. The van der Waals surface area contributed by atoms with E-state index in [2.05, 4.69) is 77.2 Å². The van der Waals surface area contributed by atoms with Gasteiger partial charge >= 0.3 is 0 Å². The van der Waals surface area contributed by atoms with Gasteiger partial charge in [-0.05, 0) is 39.8 Å². The van der Waals surface area contributed by atoms with Crippen molar-refractivity contribution in [3.63, 3.8) is 0 Å². The Morgan fingerprint density at radius 1 is 1.24 bits per heavy atom. The minimum atomic E-state index is -0.0830. The Morgan fingerprint density at radius 3 is 2.60 bits per heavy atom. The quantitative estimate of drug-likeness (QED) is 0.741. The highest BCUT2D eigenvalue weighted by Gasteiger charge is 2.16. The van der Waals surface area contributed by atoms with E-state index in [0.29, 0.717) is 0 Å². The molecule has 130 valence electrons. The van der Waals surface area contributed by atoms with Crippen molar-refractivity contribution in [1.29, 1.82) is 0 Å². The van der Waals surface area contributed by atoms with Gasteiger partial charge in [0.1, 0.15) is 12.1 Å². The van der Waals surface area contributed by atoms with Crippen LogP contribution in [0.5, 0.6) is 0 Å². The molecule has 0 aliphatic rings. The second-order valence-corrected chi connectivity index (χ2v) is 6.66. The fourth-order valence-electron chi connectivity index (χ4n) is 2.80. The molecule has 0 aliphatic heterocycles. The average molecular weight is 336 g/mol. The van der Waals surface area contributed by atoms with E-state index in [1.54, 1.807) is 6.33 Å². The van der Waals surface area contributed by atoms with E-state index in [0.717, 1.165) is 28.1 Å². The van der Waals surface area contributed by atoms with Crippen molar-refractivity contribution in [2.24, 2.45) is 0 Å². The maximum atomic E-state index is 9.37. The van der Waals surface area contributed by atoms with Crippen molar-refractivity contribution in [1.82, 2.24) is 14.5 Å². The normalized spacial score (nSPS) is 12.2. The van der Waals surface area contributed by atoms with Crippen LogP contribution in [0.3, 0.4) is 0 Å². The smallest absolute Gasteiger partial charge is 0.150 e. The topological polar surface area (TPSA) is 63.0 Å². The molecule has 2 heterocycles. The molecule has 0 saturated heterocycles. The minimum absolute atomic E-state index is 0.0438. The molecule has 2 N–H and O–H groups in total. The van der Waals surface area contributed by atoms with Crippen LogP contribution in [0, 0.1) is 6.92 Å². The second-order valence-electron chi connectivity index (χ2n) is 6.66. The third kappa shape index (κ3) is 3.56. The van der Waals surface area contributed by atoms with E-state index in [-0.39, 0.29) is 12.6 Å². The monoisotopic (exact) mass is 336 g/mol. The maximum absolute atomic E-state index is 9.37. The molecule has 1 atom stereocenters. The Balaban J connectivity index is 2.24. The van der Waals surface area contributed by atoms with Crippen LogP contribution in [0.4, 0.5) is 5.82 Å². The number of fused-ring (bicyclic) bond motifs is 1. The first-order valence-electron chi connectivity index (χ1n) is 8.45. The summed E-state index contributed by atoms with van der Waals surface area (Å²) < 4.78 is 2.08. The molecule has 3 aromatic rings. The number of nitrogens with zero attached hydrogens (tertiary/aromatic N) is 3. The van der Waals surface area contributed by atoms with Gasteiger partial charge in [0.05, 0.1) is 12.0 Å². The summed E-state index contributed by atoms with van der Waals surface area (Å²) in [6, 6.07) is 8.28. The molecule has 0 bridgehead atoms. The zero-order chi connectivity index (χ0) is 18.0. The summed E-state index contributed by atoms with van der Waals surface area (Å²) in [4.78, 5) is 8.93. The summed E-state index contributed by atoms with van der Waals surface area (Å²) in [6.07, 6.45) is 5.78. The summed E-state index contributed by atoms with van der Waals surface area (Å²) in [6.45, 7) is 8.19. The molecule has 3 rings (SSSR count). The zero-order valence-electron chi connectivity index (χ0n) is 15.1. The summed E-state index contributed by atoms with van der Waals surface area (Å²) in [5.41, 5.74) is 5.39. The molecular weight excluding hydrogens is 312 g/mol. The van der Waals surface area contributed by atoms with Gasteiger partial charge in [-0.3, -0.25) is 0 Å². The highest BCUT2D eigenvalue weighted by atomic mass is 16.3. The minimum Gasteiger partial charge on any atom is -0.394 e. The van der Waals surface area contributed by atoms with Gasteiger partial charge in [0.25, 0.3) is 0 Å². The Kier molecular flexibility index (Phi) is 4.86. The highest BCUT2D eigenvalue weighted by Crippen LogP contribution is 2.30. The van der Waals surface area contributed by atoms with E-state index in [4.69, 9.17) is 0 Å². The maximum Gasteiger partial charge on any atom is 0.150 e. The van der Waals surface area contributed by atoms with E-state index in [1.807, 2.05) is 6.92 Å². The highest BCUT2D eigenvalue weighted by molar-refractivity contribution is 5.96. The van der Waals surface area contributed by atoms with Crippen LogP contribution in [0.15, 0.2) is 42.4 Å². The van der Waals surface area contributed by atoms with Crippen molar-refractivity contribution < 1.29 is 5.11 Å². The number of anilines is 1. The molecule has 0 amide bonds. The molecule has 1 aromatic carbocycles. The van der Waals surface area contributed by atoms with Gasteiger partial charge in [-0.1, -0.05) is 29.3 Å². The standard InChI is InChI=1S/C20H24N4O/c1-13(2)9-16-10-24(17-7-5-14(3)6-8-17)20-18(16)19(21-12-22-20)23-15(4)11-25/h5-10,12,15,25H,11H2,1-4H3,(H,21,22,23).